The third-order valence-electron chi connectivity index (χ3n) is 3.65. The van der Waals surface area contributed by atoms with Crippen LogP contribution in [-0.4, -0.2) is 42.6 Å². The molecule has 0 aliphatic rings. The highest BCUT2D eigenvalue weighted by Gasteiger charge is 2.29. The second-order valence-corrected chi connectivity index (χ2v) is 9.82. The van der Waals surface area contributed by atoms with Gasteiger partial charge in [0.05, 0.1) is 11.9 Å². The molecule has 0 saturated heterocycles. The van der Waals surface area contributed by atoms with Crippen LogP contribution in [0, 0.1) is 0 Å². The molecule has 0 radical (unpaired) electrons. The monoisotopic (exact) mass is 426 g/mol. The van der Waals surface area contributed by atoms with Crippen molar-refractivity contribution >= 4 is 49.8 Å². The summed E-state index contributed by atoms with van der Waals surface area (Å²) in [4.78, 5) is 12.6. The number of benzene rings is 1. The Labute approximate surface area is 167 Å². The molecule has 0 bridgehead atoms. The Kier molecular flexibility index (Phi) is 7.40. The summed E-state index contributed by atoms with van der Waals surface area (Å²) in [7, 11) is -3.66. The van der Waals surface area contributed by atoms with Crippen LogP contribution in [0.15, 0.2) is 41.3 Å². The number of hydrogen-bond donors (Lipinski definition) is 1. The Hall–Kier alpha value is -1.91. The first-order valence-electron chi connectivity index (χ1n) is 8.22. The van der Waals surface area contributed by atoms with Crippen LogP contribution < -0.4 is 9.62 Å². The number of nitrogens with one attached hydrogen (secondary N) is 1. The van der Waals surface area contributed by atoms with E-state index in [1.165, 1.54) is 23.1 Å². The summed E-state index contributed by atoms with van der Waals surface area (Å²) in [5.74, 6) is 0.214. The molecule has 0 aliphatic carbocycles. The van der Waals surface area contributed by atoms with Crippen LogP contribution in [0.1, 0.15) is 19.4 Å². The molecule has 1 N–H and O–H groups in total. The fourth-order valence-electron chi connectivity index (χ4n) is 2.35. The van der Waals surface area contributed by atoms with Crippen molar-refractivity contribution in [2.75, 3.05) is 21.6 Å². The number of thioether (sulfide) groups is 1. The van der Waals surface area contributed by atoms with E-state index in [1.807, 2.05) is 19.1 Å². The lowest BCUT2D eigenvalue weighted by molar-refractivity contribution is -0.116. The van der Waals surface area contributed by atoms with Crippen LogP contribution in [0.5, 0.6) is 0 Å². The molecule has 0 aliphatic heterocycles. The molecule has 0 fully saturated rings. The lowest BCUT2D eigenvalue weighted by Gasteiger charge is -2.28. The van der Waals surface area contributed by atoms with E-state index < -0.39 is 22.0 Å². The van der Waals surface area contributed by atoms with E-state index in [-0.39, 0.29) is 0 Å². The predicted octanol–water partition coefficient (Wildman–Crippen LogP) is 3.17. The number of sulfonamides is 1. The van der Waals surface area contributed by atoms with E-state index in [1.54, 1.807) is 25.1 Å². The maximum absolute atomic E-state index is 12.6. The van der Waals surface area contributed by atoms with Crippen molar-refractivity contribution in [2.24, 2.45) is 0 Å². The van der Waals surface area contributed by atoms with Crippen molar-refractivity contribution in [1.82, 2.24) is 10.2 Å². The van der Waals surface area contributed by atoms with Crippen LogP contribution in [-0.2, 0) is 21.2 Å². The number of aromatic nitrogens is 2. The van der Waals surface area contributed by atoms with Crippen molar-refractivity contribution in [3.63, 3.8) is 0 Å². The summed E-state index contributed by atoms with van der Waals surface area (Å²) in [5, 5.41) is 10.9. The summed E-state index contributed by atoms with van der Waals surface area (Å²) < 4.78 is 26.4. The molecule has 1 atom stereocenters. The zero-order valence-corrected chi connectivity index (χ0v) is 17.8. The van der Waals surface area contributed by atoms with Crippen molar-refractivity contribution in [1.29, 1.82) is 0 Å². The number of rotatable bonds is 9. The molecular weight excluding hydrogens is 404 g/mol. The topological polar surface area (TPSA) is 92.3 Å². The molecule has 27 heavy (non-hydrogen) atoms. The SMILES string of the molecule is C=CCSc1nnc(NC(=O)[C@H](C)N(c2ccc(CC)cc2)S(C)(=O)=O)s1. The van der Waals surface area contributed by atoms with Gasteiger partial charge in [-0.2, -0.15) is 0 Å². The summed E-state index contributed by atoms with van der Waals surface area (Å²) in [6.45, 7) is 7.20. The van der Waals surface area contributed by atoms with Gasteiger partial charge in [0.15, 0.2) is 4.34 Å². The van der Waals surface area contributed by atoms with Crippen LogP contribution >= 0.6 is 23.1 Å². The van der Waals surface area contributed by atoms with E-state index in [0.717, 1.165) is 22.5 Å². The quantitative estimate of drug-likeness (QED) is 0.376. The zero-order chi connectivity index (χ0) is 20.0. The number of hydrogen-bond acceptors (Lipinski definition) is 7. The van der Waals surface area contributed by atoms with E-state index in [4.69, 9.17) is 0 Å². The molecule has 1 heterocycles. The highest BCUT2D eigenvalue weighted by Crippen LogP contribution is 2.26. The Balaban J connectivity index is 2.18. The fraction of sp³-hybridized carbons (Fsp3) is 0.353. The highest BCUT2D eigenvalue weighted by atomic mass is 32.2. The largest absolute Gasteiger partial charge is 0.299 e. The average molecular weight is 427 g/mol. The maximum Gasteiger partial charge on any atom is 0.249 e. The van der Waals surface area contributed by atoms with Gasteiger partial charge in [-0.05, 0) is 31.0 Å². The van der Waals surface area contributed by atoms with Gasteiger partial charge in [-0.3, -0.25) is 14.4 Å². The van der Waals surface area contributed by atoms with Crippen molar-refractivity contribution < 1.29 is 13.2 Å². The number of nitrogens with zero attached hydrogens (tertiary/aromatic N) is 3. The van der Waals surface area contributed by atoms with Crippen LogP contribution in [0.2, 0.25) is 0 Å². The third-order valence-corrected chi connectivity index (χ3v) is 6.86. The van der Waals surface area contributed by atoms with Crippen molar-refractivity contribution in [3.8, 4) is 0 Å². The van der Waals surface area contributed by atoms with Gasteiger partial charge in [-0.1, -0.05) is 48.2 Å². The highest BCUT2D eigenvalue weighted by molar-refractivity contribution is 8.01. The molecular formula is C17H22N4O3S3. The number of carbonyl (C=O) groups is 1. The lowest BCUT2D eigenvalue weighted by atomic mass is 10.1. The first-order chi connectivity index (χ1) is 12.8. The van der Waals surface area contributed by atoms with Crippen LogP contribution in [0.4, 0.5) is 10.8 Å². The molecule has 7 nitrogen and oxygen atoms in total. The predicted molar refractivity (Wildman–Crippen MR) is 112 cm³/mol. The molecule has 146 valence electrons. The third kappa shape index (κ3) is 5.78. The molecule has 0 unspecified atom stereocenters. The van der Waals surface area contributed by atoms with Crippen LogP contribution in [0.3, 0.4) is 0 Å². The lowest BCUT2D eigenvalue weighted by Crippen LogP contribution is -2.45. The van der Waals surface area contributed by atoms with Crippen molar-refractivity contribution in [2.45, 2.75) is 30.6 Å². The Morgan fingerprint density at radius 1 is 1.37 bits per heavy atom. The minimum Gasteiger partial charge on any atom is -0.299 e. The minimum atomic E-state index is -3.66. The van der Waals surface area contributed by atoms with E-state index >= 15 is 0 Å². The van der Waals surface area contributed by atoms with Gasteiger partial charge in [-0.25, -0.2) is 8.42 Å². The normalized spacial score (nSPS) is 12.4. The van der Waals surface area contributed by atoms with Gasteiger partial charge in [0.25, 0.3) is 0 Å². The van der Waals surface area contributed by atoms with E-state index in [9.17, 15) is 13.2 Å². The van der Waals surface area contributed by atoms with Crippen LogP contribution in [0.25, 0.3) is 0 Å². The smallest absolute Gasteiger partial charge is 0.249 e. The number of aryl methyl sites for hydroxylation is 1. The molecule has 1 aromatic heterocycles. The first-order valence-corrected chi connectivity index (χ1v) is 11.9. The van der Waals surface area contributed by atoms with Gasteiger partial charge < -0.3 is 0 Å². The van der Waals surface area contributed by atoms with E-state index in [0.29, 0.717) is 20.9 Å². The van der Waals surface area contributed by atoms with Gasteiger partial charge in [0.1, 0.15) is 6.04 Å². The standard InChI is InChI=1S/C17H22N4O3S3/c1-5-11-25-17-20-19-16(26-17)18-15(22)12(3)21(27(4,23)24)14-9-7-13(6-2)8-10-14/h5,7-10,12H,1,6,11H2,2-4H3,(H,18,19,22)/t12-/m0/s1. The number of carbonyl (C=O) groups excluding carboxylic acids is 1. The van der Waals surface area contributed by atoms with Gasteiger partial charge in [0, 0.05) is 5.75 Å². The molecule has 0 saturated carbocycles. The molecule has 2 rings (SSSR count). The Bertz CT molecular complexity index is 894. The molecule has 2 aromatic rings. The molecule has 1 aromatic carbocycles. The fourth-order valence-corrected chi connectivity index (χ4v) is 5.04. The van der Waals surface area contributed by atoms with Gasteiger partial charge >= 0.3 is 0 Å². The summed E-state index contributed by atoms with van der Waals surface area (Å²) in [6.07, 6.45) is 3.68. The second-order valence-electron chi connectivity index (χ2n) is 5.72. The Morgan fingerprint density at radius 2 is 2.04 bits per heavy atom. The number of amides is 1. The molecule has 0 spiro atoms. The minimum absolute atomic E-state index is 0.327. The zero-order valence-electron chi connectivity index (χ0n) is 15.4. The van der Waals surface area contributed by atoms with Crippen molar-refractivity contribution in [3.05, 3.63) is 42.5 Å². The maximum atomic E-state index is 12.6. The molecule has 10 heteroatoms. The van der Waals surface area contributed by atoms with Gasteiger partial charge in [-0.15, -0.1) is 16.8 Å². The van der Waals surface area contributed by atoms with E-state index in [2.05, 4.69) is 22.1 Å². The average Bonchev–Trinajstić information content (AvgIpc) is 3.06. The second kappa shape index (κ2) is 9.34. The Morgan fingerprint density at radius 3 is 2.59 bits per heavy atom. The number of anilines is 2. The summed E-state index contributed by atoms with van der Waals surface area (Å²) >= 11 is 2.69. The summed E-state index contributed by atoms with van der Waals surface area (Å²) in [5.41, 5.74) is 1.53. The summed E-state index contributed by atoms with van der Waals surface area (Å²) in [6, 6.07) is 6.18. The first kappa shape index (κ1) is 21.4. The van der Waals surface area contributed by atoms with Gasteiger partial charge in [0.2, 0.25) is 21.1 Å². The molecule has 1 amide bonds.